The van der Waals surface area contributed by atoms with Crippen molar-refractivity contribution in [1.82, 2.24) is 14.5 Å². The van der Waals surface area contributed by atoms with Gasteiger partial charge in [-0.05, 0) is 42.2 Å². The molecule has 1 fully saturated rings. The van der Waals surface area contributed by atoms with Crippen molar-refractivity contribution in [2.45, 2.75) is 32.9 Å². The molecule has 0 unspecified atom stereocenters. The van der Waals surface area contributed by atoms with Crippen molar-refractivity contribution in [3.05, 3.63) is 69.6 Å². The molecule has 5 nitrogen and oxygen atoms in total. The van der Waals surface area contributed by atoms with Crippen LogP contribution in [-0.4, -0.2) is 26.9 Å². The van der Waals surface area contributed by atoms with Crippen LogP contribution in [0.25, 0.3) is 11.0 Å². The van der Waals surface area contributed by atoms with Gasteiger partial charge < -0.3 is 9.88 Å². The summed E-state index contributed by atoms with van der Waals surface area (Å²) in [4.78, 5) is 28.9. The fourth-order valence-electron chi connectivity index (χ4n) is 3.56. The molecule has 0 bridgehead atoms. The van der Waals surface area contributed by atoms with Gasteiger partial charge in [0.25, 0.3) is 0 Å². The largest absolute Gasteiger partial charge is 0.338 e. The lowest BCUT2D eigenvalue weighted by Crippen LogP contribution is -2.24. The number of hydrogen-bond donors (Lipinski definition) is 1. The standard InChI is InChI=1S/C20H21N3O2/c1-14-11-15(8-9-16(14)13-22-10-4-7-19(22)24)12-23-18-6-3-2-5-17(18)21-20(23)25/h2-3,5-6,8-9,11H,4,7,10,12-13H2,1H3,(H,21,25). The van der Waals surface area contributed by atoms with Gasteiger partial charge in [0.05, 0.1) is 17.6 Å². The third-order valence-corrected chi connectivity index (χ3v) is 4.96. The first-order chi connectivity index (χ1) is 12.1. The number of benzene rings is 2. The first-order valence-corrected chi connectivity index (χ1v) is 8.65. The number of rotatable bonds is 4. The zero-order valence-electron chi connectivity index (χ0n) is 14.3. The molecule has 2 heterocycles. The molecule has 5 heteroatoms. The van der Waals surface area contributed by atoms with Crippen molar-refractivity contribution in [2.75, 3.05) is 6.54 Å². The summed E-state index contributed by atoms with van der Waals surface area (Å²) in [5, 5.41) is 0. The van der Waals surface area contributed by atoms with Gasteiger partial charge in [0, 0.05) is 19.5 Å². The summed E-state index contributed by atoms with van der Waals surface area (Å²) in [5.41, 5.74) is 5.09. The highest BCUT2D eigenvalue weighted by Gasteiger charge is 2.20. The van der Waals surface area contributed by atoms with Crippen molar-refractivity contribution < 1.29 is 4.79 Å². The van der Waals surface area contributed by atoms with Crippen LogP contribution in [0.15, 0.2) is 47.3 Å². The molecule has 0 atom stereocenters. The van der Waals surface area contributed by atoms with E-state index in [1.807, 2.05) is 29.2 Å². The highest BCUT2D eigenvalue weighted by Crippen LogP contribution is 2.19. The van der Waals surface area contributed by atoms with Crippen LogP contribution in [0, 0.1) is 6.92 Å². The highest BCUT2D eigenvalue weighted by atomic mass is 16.2. The molecule has 1 aliphatic rings. The third kappa shape index (κ3) is 2.97. The maximum absolute atomic E-state index is 12.2. The summed E-state index contributed by atoms with van der Waals surface area (Å²) in [6, 6.07) is 14.0. The summed E-state index contributed by atoms with van der Waals surface area (Å²) in [6.07, 6.45) is 1.63. The number of nitrogens with one attached hydrogen (secondary N) is 1. The van der Waals surface area contributed by atoms with Gasteiger partial charge in [-0.3, -0.25) is 9.36 Å². The van der Waals surface area contributed by atoms with Gasteiger partial charge in [-0.15, -0.1) is 0 Å². The van der Waals surface area contributed by atoms with Crippen molar-refractivity contribution in [1.29, 1.82) is 0 Å². The summed E-state index contributed by atoms with van der Waals surface area (Å²) in [7, 11) is 0. The Kier molecular flexibility index (Phi) is 3.92. The monoisotopic (exact) mass is 335 g/mol. The zero-order chi connectivity index (χ0) is 17.4. The number of fused-ring (bicyclic) bond motifs is 1. The Balaban J connectivity index is 1.59. The van der Waals surface area contributed by atoms with Gasteiger partial charge in [-0.1, -0.05) is 30.3 Å². The fourth-order valence-corrected chi connectivity index (χ4v) is 3.56. The Bertz CT molecular complexity index is 1000. The average Bonchev–Trinajstić information content (AvgIpc) is 3.14. The molecule has 128 valence electrons. The highest BCUT2D eigenvalue weighted by molar-refractivity contribution is 5.78. The minimum atomic E-state index is -0.0920. The molecular formula is C20H21N3O2. The molecule has 1 amide bonds. The van der Waals surface area contributed by atoms with Crippen LogP contribution < -0.4 is 5.69 Å². The quantitative estimate of drug-likeness (QED) is 0.797. The number of aromatic amines is 1. The van der Waals surface area contributed by atoms with E-state index in [1.165, 1.54) is 5.56 Å². The Morgan fingerprint density at radius 1 is 1.08 bits per heavy atom. The normalized spacial score (nSPS) is 14.6. The van der Waals surface area contributed by atoms with Crippen molar-refractivity contribution in [2.24, 2.45) is 0 Å². The number of H-pyrrole nitrogens is 1. The van der Waals surface area contributed by atoms with Crippen molar-refractivity contribution in [3.8, 4) is 0 Å². The molecule has 1 aromatic heterocycles. The maximum Gasteiger partial charge on any atom is 0.326 e. The second-order valence-electron chi connectivity index (χ2n) is 6.71. The molecule has 1 N–H and O–H groups in total. The van der Waals surface area contributed by atoms with Gasteiger partial charge in [-0.2, -0.15) is 0 Å². The van der Waals surface area contributed by atoms with E-state index >= 15 is 0 Å². The summed E-state index contributed by atoms with van der Waals surface area (Å²) >= 11 is 0. The number of imidazole rings is 1. The number of hydrogen-bond acceptors (Lipinski definition) is 2. The topological polar surface area (TPSA) is 58.1 Å². The molecule has 1 saturated heterocycles. The summed E-state index contributed by atoms with van der Waals surface area (Å²) < 4.78 is 1.76. The predicted octanol–water partition coefficient (Wildman–Crippen LogP) is 2.81. The van der Waals surface area contributed by atoms with Crippen LogP contribution in [0.1, 0.15) is 29.5 Å². The lowest BCUT2D eigenvalue weighted by molar-refractivity contribution is -0.128. The molecule has 4 rings (SSSR count). The molecule has 3 aromatic rings. The maximum atomic E-state index is 12.2. The van der Waals surface area contributed by atoms with E-state index in [4.69, 9.17) is 0 Å². The molecule has 0 aliphatic carbocycles. The Labute approximate surface area is 145 Å². The minimum absolute atomic E-state index is 0.0920. The van der Waals surface area contributed by atoms with E-state index in [-0.39, 0.29) is 11.6 Å². The van der Waals surface area contributed by atoms with Crippen LogP contribution in [0.3, 0.4) is 0 Å². The van der Waals surface area contributed by atoms with E-state index in [0.29, 0.717) is 19.5 Å². The predicted molar refractivity (Wildman–Crippen MR) is 97.5 cm³/mol. The molecule has 0 spiro atoms. The van der Waals surface area contributed by atoms with Gasteiger partial charge in [0.1, 0.15) is 0 Å². The SMILES string of the molecule is Cc1cc(Cn2c(=O)[nH]c3ccccc32)ccc1CN1CCCC1=O. The molecule has 25 heavy (non-hydrogen) atoms. The smallest absolute Gasteiger partial charge is 0.326 e. The van der Waals surface area contributed by atoms with E-state index in [2.05, 4.69) is 30.1 Å². The zero-order valence-corrected chi connectivity index (χ0v) is 14.3. The number of para-hydroxylation sites is 2. The Morgan fingerprint density at radius 2 is 1.92 bits per heavy atom. The number of aryl methyl sites for hydroxylation is 1. The van der Waals surface area contributed by atoms with Crippen LogP contribution in [0.5, 0.6) is 0 Å². The number of aromatic nitrogens is 2. The van der Waals surface area contributed by atoms with Gasteiger partial charge in [-0.25, -0.2) is 4.79 Å². The second-order valence-corrected chi connectivity index (χ2v) is 6.71. The number of carbonyl (C=O) groups excluding carboxylic acids is 1. The minimum Gasteiger partial charge on any atom is -0.338 e. The Hall–Kier alpha value is -2.82. The van der Waals surface area contributed by atoms with Gasteiger partial charge in [0.2, 0.25) is 5.91 Å². The number of nitrogens with zero attached hydrogens (tertiary/aromatic N) is 2. The van der Waals surface area contributed by atoms with Crippen LogP contribution in [-0.2, 0) is 17.9 Å². The number of carbonyl (C=O) groups is 1. The first-order valence-electron chi connectivity index (χ1n) is 8.65. The molecular weight excluding hydrogens is 314 g/mol. The lowest BCUT2D eigenvalue weighted by atomic mass is 10.0. The molecule has 1 aliphatic heterocycles. The van der Waals surface area contributed by atoms with E-state index in [0.717, 1.165) is 35.1 Å². The lowest BCUT2D eigenvalue weighted by Gasteiger charge is -2.17. The summed E-state index contributed by atoms with van der Waals surface area (Å²) in [5.74, 6) is 0.244. The van der Waals surface area contributed by atoms with Gasteiger partial charge >= 0.3 is 5.69 Å². The fraction of sp³-hybridized carbons (Fsp3) is 0.300. The molecule has 0 saturated carbocycles. The van der Waals surface area contributed by atoms with Crippen molar-refractivity contribution >= 4 is 16.9 Å². The van der Waals surface area contributed by atoms with E-state index < -0.39 is 0 Å². The Morgan fingerprint density at radius 3 is 2.68 bits per heavy atom. The molecule has 2 aromatic carbocycles. The average molecular weight is 335 g/mol. The second kappa shape index (κ2) is 6.24. The number of amides is 1. The summed E-state index contributed by atoms with van der Waals surface area (Å²) in [6.45, 7) is 4.13. The van der Waals surface area contributed by atoms with Gasteiger partial charge in [0.15, 0.2) is 0 Å². The van der Waals surface area contributed by atoms with Crippen molar-refractivity contribution in [3.63, 3.8) is 0 Å². The van der Waals surface area contributed by atoms with E-state index in [9.17, 15) is 9.59 Å². The van der Waals surface area contributed by atoms with Crippen LogP contribution in [0.4, 0.5) is 0 Å². The van der Waals surface area contributed by atoms with E-state index in [1.54, 1.807) is 4.57 Å². The number of likely N-dealkylation sites (tertiary alicyclic amines) is 1. The first kappa shape index (κ1) is 15.7. The third-order valence-electron chi connectivity index (χ3n) is 4.96. The molecule has 0 radical (unpaired) electrons. The van der Waals surface area contributed by atoms with Crippen LogP contribution in [0.2, 0.25) is 0 Å². The van der Waals surface area contributed by atoms with Crippen LogP contribution >= 0.6 is 0 Å².